The average Bonchev–Trinajstić information content (AvgIpc) is 3.28. The fourth-order valence-corrected chi connectivity index (χ4v) is 2.68. The number of benzene rings is 1. The second-order valence-corrected chi connectivity index (χ2v) is 6.54. The average molecular weight is 389 g/mol. The van der Waals surface area contributed by atoms with E-state index in [4.69, 9.17) is 20.9 Å². The lowest BCUT2D eigenvalue weighted by Crippen LogP contribution is -2.28. The molecule has 1 amide bonds. The highest BCUT2D eigenvalue weighted by Gasteiger charge is 2.22. The second-order valence-electron chi connectivity index (χ2n) is 6.10. The molecule has 3 rings (SSSR count). The van der Waals surface area contributed by atoms with Crippen molar-refractivity contribution in [2.75, 3.05) is 0 Å². The lowest BCUT2D eigenvalue weighted by molar-refractivity contribution is 0.0927. The minimum absolute atomic E-state index is 0.165. The molecule has 1 atom stereocenters. The quantitative estimate of drug-likeness (QED) is 0.663. The molecule has 27 heavy (non-hydrogen) atoms. The van der Waals surface area contributed by atoms with Crippen molar-refractivity contribution in [3.05, 3.63) is 64.3 Å². The van der Waals surface area contributed by atoms with Crippen LogP contribution in [0.1, 0.15) is 47.4 Å². The van der Waals surface area contributed by atoms with E-state index in [0.29, 0.717) is 22.1 Å². The van der Waals surface area contributed by atoms with Crippen molar-refractivity contribution in [3.8, 4) is 5.75 Å². The van der Waals surface area contributed by atoms with Crippen LogP contribution in [0.4, 0.5) is 0 Å². The summed E-state index contributed by atoms with van der Waals surface area (Å²) >= 11 is 5.87. The van der Waals surface area contributed by atoms with Gasteiger partial charge in [-0.25, -0.2) is 0 Å². The van der Waals surface area contributed by atoms with Gasteiger partial charge in [0.15, 0.2) is 5.69 Å². The van der Waals surface area contributed by atoms with Crippen molar-refractivity contribution >= 4 is 17.5 Å². The zero-order valence-corrected chi connectivity index (χ0v) is 16.2. The Bertz CT molecular complexity index is 917. The number of halogens is 1. The van der Waals surface area contributed by atoms with Crippen molar-refractivity contribution < 1.29 is 14.1 Å². The minimum Gasteiger partial charge on any atom is -0.489 e. The molecule has 8 heteroatoms. The van der Waals surface area contributed by atoms with Crippen molar-refractivity contribution in [1.82, 2.24) is 20.3 Å². The van der Waals surface area contributed by atoms with E-state index in [9.17, 15) is 4.79 Å². The van der Waals surface area contributed by atoms with Gasteiger partial charge in [0.25, 0.3) is 5.91 Å². The number of ether oxygens (including phenoxy) is 1. The van der Waals surface area contributed by atoms with Gasteiger partial charge in [-0.2, -0.15) is 5.10 Å². The van der Waals surface area contributed by atoms with Crippen LogP contribution >= 0.6 is 11.6 Å². The molecule has 0 aliphatic carbocycles. The number of nitrogens with zero attached hydrogens (tertiary/aromatic N) is 3. The third-order valence-corrected chi connectivity index (χ3v) is 4.43. The minimum atomic E-state index is -0.333. The maximum absolute atomic E-state index is 12.7. The summed E-state index contributed by atoms with van der Waals surface area (Å²) in [6, 6.07) is 8.62. The molecule has 0 saturated carbocycles. The number of hydrogen-bond acceptors (Lipinski definition) is 5. The summed E-state index contributed by atoms with van der Waals surface area (Å²) in [6.45, 7) is 6.56. The summed E-state index contributed by atoms with van der Waals surface area (Å²) in [5.41, 5.74) is 1.60. The van der Waals surface area contributed by atoms with Crippen LogP contribution in [0.2, 0.25) is 5.02 Å². The van der Waals surface area contributed by atoms with Crippen LogP contribution in [-0.2, 0) is 13.2 Å². The molecule has 0 aliphatic rings. The summed E-state index contributed by atoms with van der Waals surface area (Å²) in [4.78, 5) is 12.7. The maximum Gasteiger partial charge on any atom is 0.274 e. The van der Waals surface area contributed by atoms with E-state index in [1.54, 1.807) is 31.2 Å². The zero-order chi connectivity index (χ0) is 19.4. The van der Waals surface area contributed by atoms with Crippen LogP contribution in [0.25, 0.3) is 0 Å². The largest absolute Gasteiger partial charge is 0.489 e. The zero-order valence-electron chi connectivity index (χ0n) is 15.4. The molecule has 1 N–H and O–H groups in total. The Morgan fingerprint density at radius 3 is 2.74 bits per heavy atom. The Hall–Kier alpha value is -2.80. The molecule has 1 aromatic carbocycles. The van der Waals surface area contributed by atoms with Crippen LogP contribution in [-0.4, -0.2) is 20.8 Å². The predicted octanol–water partition coefficient (Wildman–Crippen LogP) is 3.92. The van der Waals surface area contributed by atoms with E-state index in [1.165, 1.54) is 0 Å². The molecule has 0 radical (unpaired) electrons. The van der Waals surface area contributed by atoms with Crippen LogP contribution in [0.15, 0.2) is 41.1 Å². The van der Waals surface area contributed by atoms with E-state index in [-0.39, 0.29) is 24.2 Å². The summed E-state index contributed by atoms with van der Waals surface area (Å²) < 4.78 is 12.7. The lowest BCUT2D eigenvalue weighted by atomic mass is 10.1. The molecule has 0 aliphatic heterocycles. The van der Waals surface area contributed by atoms with Gasteiger partial charge in [-0.1, -0.05) is 16.8 Å². The van der Waals surface area contributed by atoms with E-state index in [1.807, 2.05) is 30.8 Å². The Morgan fingerprint density at radius 1 is 1.33 bits per heavy atom. The molecule has 142 valence electrons. The fourth-order valence-electron chi connectivity index (χ4n) is 2.55. The molecule has 1 unspecified atom stereocenters. The summed E-state index contributed by atoms with van der Waals surface area (Å²) in [5.74, 6) is 0.849. The van der Waals surface area contributed by atoms with Crippen molar-refractivity contribution in [1.29, 1.82) is 0 Å². The van der Waals surface area contributed by atoms with Crippen LogP contribution in [0.3, 0.4) is 0 Å². The monoisotopic (exact) mass is 388 g/mol. The lowest BCUT2D eigenvalue weighted by Gasteiger charge is -2.11. The van der Waals surface area contributed by atoms with Gasteiger partial charge >= 0.3 is 0 Å². The third kappa shape index (κ3) is 4.49. The number of aromatic nitrogens is 3. The van der Waals surface area contributed by atoms with Crippen molar-refractivity contribution in [3.63, 3.8) is 0 Å². The molecule has 2 heterocycles. The molecule has 0 spiro atoms. The molecule has 2 aromatic heterocycles. The number of carbonyl (C=O) groups is 1. The number of hydrogen-bond donors (Lipinski definition) is 1. The van der Waals surface area contributed by atoms with Gasteiger partial charge in [-0.15, -0.1) is 0 Å². The normalized spacial score (nSPS) is 12.0. The standard InChI is InChI=1S/C19H21ClN4O3/c1-4-24-10-9-17(22-24)12(2)21-19(25)18-16(13(3)27-23-18)11-26-15-7-5-14(20)6-8-15/h5-10,12H,4,11H2,1-3H3,(H,21,25). The van der Waals surface area contributed by atoms with Gasteiger partial charge in [0.1, 0.15) is 18.1 Å². The molecular weight excluding hydrogens is 368 g/mol. The van der Waals surface area contributed by atoms with E-state index >= 15 is 0 Å². The van der Waals surface area contributed by atoms with E-state index in [0.717, 1.165) is 12.2 Å². The molecule has 3 aromatic rings. The second kappa shape index (κ2) is 8.26. The smallest absolute Gasteiger partial charge is 0.274 e. The number of rotatable bonds is 7. The number of aryl methyl sites for hydroxylation is 2. The molecule has 7 nitrogen and oxygen atoms in total. The highest BCUT2D eigenvalue weighted by molar-refractivity contribution is 6.30. The summed E-state index contributed by atoms with van der Waals surface area (Å²) in [7, 11) is 0. The molecular formula is C19H21ClN4O3. The van der Waals surface area contributed by atoms with E-state index in [2.05, 4.69) is 15.6 Å². The summed E-state index contributed by atoms with van der Waals surface area (Å²) in [6.07, 6.45) is 1.88. The number of nitrogens with one attached hydrogen (secondary N) is 1. The SMILES string of the molecule is CCn1ccc(C(C)NC(=O)c2noc(C)c2COc2ccc(Cl)cc2)n1. The van der Waals surface area contributed by atoms with Gasteiger partial charge < -0.3 is 14.6 Å². The van der Waals surface area contributed by atoms with Gasteiger partial charge in [0.2, 0.25) is 0 Å². The Balaban J connectivity index is 1.69. The maximum atomic E-state index is 12.7. The Morgan fingerprint density at radius 2 is 2.07 bits per heavy atom. The Kier molecular flexibility index (Phi) is 5.81. The molecule has 0 saturated heterocycles. The van der Waals surface area contributed by atoms with Crippen molar-refractivity contribution in [2.24, 2.45) is 0 Å². The highest BCUT2D eigenvalue weighted by Crippen LogP contribution is 2.20. The van der Waals surface area contributed by atoms with Gasteiger partial charge in [0, 0.05) is 17.8 Å². The van der Waals surface area contributed by atoms with Crippen LogP contribution in [0.5, 0.6) is 5.75 Å². The summed E-state index contributed by atoms with van der Waals surface area (Å²) in [5, 5.41) is 11.8. The number of amides is 1. The van der Waals surface area contributed by atoms with Crippen molar-refractivity contribution in [2.45, 2.75) is 40.0 Å². The first-order valence-corrected chi connectivity index (χ1v) is 9.03. The molecule has 0 bridgehead atoms. The first kappa shape index (κ1) is 19.0. The van der Waals surface area contributed by atoms with E-state index < -0.39 is 0 Å². The molecule has 0 fully saturated rings. The topological polar surface area (TPSA) is 82.2 Å². The predicted molar refractivity (Wildman–Crippen MR) is 101 cm³/mol. The Labute approximate surface area is 162 Å². The number of carbonyl (C=O) groups excluding carboxylic acids is 1. The fraction of sp³-hybridized carbons (Fsp3) is 0.316. The van der Waals surface area contributed by atoms with Gasteiger partial charge in [0.05, 0.1) is 17.3 Å². The first-order valence-electron chi connectivity index (χ1n) is 8.65. The first-order chi connectivity index (χ1) is 13.0. The van der Waals surface area contributed by atoms with Crippen LogP contribution < -0.4 is 10.1 Å². The van der Waals surface area contributed by atoms with Crippen LogP contribution in [0, 0.1) is 6.92 Å². The van der Waals surface area contributed by atoms with Gasteiger partial charge in [-0.05, 0) is 51.1 Å². The highest BCUT2D eigenvalue weighted by atomic mass is 35.5. The third-order valence-electron chi connectivity index (χ3n) is 4.17. The van der Waals surface area contributed by atoms with Gasteiger partial charge in [-0.3, -0.25) is 9.48 Å².